The molecule has 1 amide bonds. The predicted octanol–water partition coefficient (Wildman–Crippen LogP) is 0.603. The highest BCUT2D eigenvalue weighted by molar-refractivity contribution is 5.76. The first kappa shape index (κ1) is 13.3. The second-order valence-corrected chi connectivity index (χ2v) is 4.34. The third-order valence-corrected chi connectivity index (χ3v) is 2.78. The lowest BCUT2D eigenvalue weighted by molar-refractivity contribution is -0.122. The van der Waals surface area contributed by atoms with Gasteiger partial charge in [0.1, 0.15) is 6.54 Å². The first-order chi connectivity index (χ1) is 9.28. The number of aromatic nitrogens is 2. The highest BCUT2D eigenvalue weighted by Crippen LogP contribution is 2.03. The van der Waals surface area contributed by atoms with Crippen molar-refractivity contribution in [3.05, 3.63) is 54.4 Å². The number of amides is 1. The lowest BCUT2D eigenvalue weighted by atomic mass is 10.1. The molecule has 0 aliphatic carbocycles. The lowest BCUT2D eigenvalue weighted by Crippen LogP contribution is -2.40. The Morgan fingerprint density at radius 2 is 2.11 bits per heavy atom. The molecule has 0 saturated carbocycles. The third kappa shape index (κ3) is 4.22. The summed E-state index contributed by atoms with van der Waals surface area (Å²) in [6, 6.07) is 11.3. The summed E-state index contributed by atoms with van der Waals surface area (Å²) in [7, 11) is 0. The van der Waals surface area contributed by atoms with Gasteiger partial charge in [-0.3, -0.25) is 9.48 Å². The number of aliphatic hydroxyl groups excluding tert-OH is 1. The summed E-state index contributed by atoms with van der Waals surface area (Å²) in [5.74, 6) is -0.154. The van der Waals surface area contributed by atoms with Crippen LogP contribution in [0.4, 0.5) is 0 Å². The number of carbonyl (C=O) groups is 1. The molecule has 0 spiro atoms. The van der Waals surface area contributed by atoms with E-state index in [4.69, 9.17) is 0 Å². The second-order valence-electron chi connectivity index (χ2n) is 4.34. The zero-order chi connectivity index (χ0) is 13.5. The van der Waals surface area contributed by atoms with Crippen LogP contribution in [0.15, 0.2) is 48.8 Å². The topological polar surface area (TPSA) is 67.2 Å². The van der Waals surface area contributed by atoms with Crippen molar-refractivity contribution in [2.75, 3.05) is 6.61 Å². The standard InChI is InChI=1S/C14H17N3O2/c18-11-13(9-12-5-2-1-3-6-12)16-14(19)10-17-8-4-7-15-17/h1-8,13,18H,9-11H2,(H,16,19)/t13-/m0/s1. The van der Waals surface area contributed by atoms with Gasteiger partial charge in [-0.05, 0) is 18.1 Å². The number of nitrogens with one attached hydrogen (secondary N) is 1. The number of hydrogen-bond acceptors (Lipinski definition) is 3. The maximum atomic E-state index is 11.8. The highest BCUT2D eigenvalue weighted by atomic mass is 16.3. The smallest absolute Gasteiger partial charge is 0.242 e. The van der Waals surface area contributed by atoms with Gasteiger partial charge in [0.15, 0.2) is 0 Å². The van der Waals surface area contributed by atoms with Gasteiger partial charge >= 0.3 is 0 Å². The number of aliphatic hydroxyl groups is 1. The molecule has 0 aliphatic heterocycles. The molecule has 1 atom stereocenters. The Labute approximate surface area is 111 Å². The van der Waals surface area contributed by atoms with E-state index in [1.54, 1.807) is 23.1 Å². The maximum Gasteiger partial charge on any atom is 0.242 e. The Bertz CT molecular complexity index is 497. The van der Waals surface area contributed by atoms with Crippen molar-refractivity contribution in [2.24, 2.45) is 0 Å². The van der Waals surface area contributed by atoms with Crippen LogP contribution in [0.3, 0.4) is 0 Å². The average Bonchev–Trinajstić information content (AvgIpc) is 2.92. The third-order valence-electron chi connectivity index (χ3n) is 2.78. The first-order valence-corrected chi connectivity index (χ1v) is 6.19. The van der Waals surface area contributed by atoms with Gasteiger partial charge in [-0.25, -0.2) is 0 Å². The summed E-state index contributed by atoms with van der Waals surface area (Å²) in [5.41, 5.74) is 1.08. The molecule has 2 N–H and O–H groups in total. The minimum atomic E-state index is -0.273. The molecule has 100 valence electrons. The lowest BCUT2D eigenvalue weighted by Gasteiger charge is -2.16. The number of hydrogen-bond donors (Lipinski definition) is 2. The molecule has 19 heavy (non-hydrogen) atoms. The van der Waals surface area contributed by atoms with Crippen LogP contribution in [0.25, 0.3) is 0 Å². The van der Waals surface area contributed by atoms with Crippen LogP contribution in [0.1, 0.15) is 5.56 Å². The Balaban J connectivity index is 1.86. The minimum absolute atomic E-state index is 0.0836. The molecule has 5 nitrogen and oxygen atoms in total. The Morgan fingerprint density at radius 1 is 1.32 bits per heavy atom. The number of rotatable bonds is 6. The summed E-state index contributed by atoms with van der Waals surface area (Å²) in [6.45, 7) is 0.0814. The van der Waals surface area contributed by atoms with E-state index in [-0.39, 0.29) is 25.1 Å². The molecule has 0 bridgehead atoms. The summed E-state index contributed by atoms with van der Waals surface area (Å²) >= 11 is 0. The van der Waals surface area contributed by atoms with Crippen LogP contribution >= 0.6 is 0 Å². The van der Waals surface area contributed by atoms with E-state index in [9.17, 15) is 9.90 Å². The SMILES string of the molecule is O=C(Cn1cccn1)N[C@H](CO)Cc1ccccc1. The Morgan fingerprint density at radius 3 is 2.74 bits per heavy atom. The van der Waals surface area contributed by atoms with Crippen molar-refractivity contribution < 1.29 is 9.90 Å². The quantitative estimate of drug-likeness (QED) is 0.798. The molecular weight excluding hydrogens is 242 g/mol. The molecule has 2 aromatic rings. The maximum absolute atomic E-state index is 11.8. The van der Waals surface area contributed by atoms with E-state index in [2.05, 4.69) is 10.4 Å². The van der Waals surface area contributed by atoms with Crippen molar-refractivity contribution in [3.63, 3.8) is 0 Å². The van der Waals surface area contributed by atoms with Gasteiger partial charge in [-0.2, -0.15) is 5.10 Å². The van der Waals surface area contributed by atoms with Gasteiger partial charge in [0.25, 0.3) is 0 Å². The fourth-order valence-corrected chi connectivity index (χ4v) is 1.87. The zero-order valence-corrected chi connectivity index (χ0v) is 10.6. The van der Waals surface area contributed by atoms with Gasteiger partial charge in [-0.1, -0.05) is 30.3 Å². The number of carbonyl (C=O) groups excluding carboxylic acids is 1. The van der Waals surface area contributed by atoms with Crippen LogP contribution in [-0.2, 0) is 17.8 Å². The molecule has 0 unspecified atom stereocenters. The van der Waals surface area contributed by atoms with Crippen molar-refractivity contribution in [1.82, 2.24) is 15.1 Å². The van der Waals surface area contributed by atoms with Gasteiger partial charge in [0.05, 0.1) is 12.6 Å². The summed E-state index contributed by atoms with van der Waals surface area (Å²) in [6.07, 6.45) is 3.97. The number of nitrogens with zero attached hydrogens (tertiary/aromatic N) is 2. The Kier molecular flexibility index (Phi) is 4.69. The molecular formula is C14H17N3O2. The minimum Gasteiger partial charge on any atom is -0.394 e. The average molecular weight is 259 g/mol. The van der Waals surface area contributed by atoms with Crippen LogP contribution in [0, 0.1) is 0 Å². The van der Waals surface area contributed by atoms with E-state index in [0.29, 0.717) is 6.42 Å². The Hall–Kier alpha value is -2.14. The monoisotopic (exact) mass is 259 g/mol. The fraction of sp³-hybridized carbons (Fsp3) is 0.286. The van der Waals surface area contributed by atoms with E-state index in [0.717, 1.165) is 5.56 Å². The summed E-state index contributed by atoms with van der Waals surface area (Å²) in [5, 5.41) is 16.1. The summed E-state index contributed by atoms with van der Waals surface area (Å²) in [4.78, 5) is 11.8. The second kappa shape index (κ2) is 6.70. The van der Waals surface area contributed by atoms with Crippen LogP contribution in [0.2, 0.25) is 0 Å². The van der Waals surface area contributed by atoms with E-state index < -0.39 is 0 Å². The van der Waals surface area contributed by atoms with Crippen LogP contribution in [0.5, 0.6) is 0 Å². The van der Waals surface area contributed by atoms with Gasteiger partial charge in [0, 0.05) is 12.4 Å². The molecule has 1 aromatic carbocycles. The molecule has 0 saturated heterocycles. The molecule has 0 fully saturated rings. The van der Waals surface area contributed by atoms with Gasteiger partial charge in [0.2, 0.25) is 5.91 Å². The predicted molar refractivity (Wildman–Crippen MR) is 71.4 cm³/mol. The van der Waals surface area contributed by atoms with Crippen molar-refractivity contribution in [1.29, 1.82) is 0 Å². The molecule has 0 aliphatic rings. The highest BCUT2D eigenvalue weighted by Gasteiger charge is 2.12. The molecule has 1 heterocycles. The van der Waals surface area contributed by atoms with Gasteiger partial charge < -0.3 is 10.4 Å². The van der Waals surface area contributed by atoms with Crippen LogP contribution < -0.4 is 5.32 Å². The van der Waals surface area contributed by atoms with E-state index >= 15 is 0 Å². The number of benzene rings is 1. The molecule has 5 heteroatoms. The normalized spacial score (nSPS) is 12.1. The van der Waals surface area contributed by atoms with E-state index in [1.807, 2.05) is 30.3 Å². The van der Waals surface area contributed by atoms with Crippen LogP contribution in [-0.4, -0.2) is 33.4 Å². The zero-order valence-electron chi connectivity index (χ0n) is 10.6. The largest absolute Gasteiger partial charge is 0.394 e. The van der Waals surface area contributed by atoms with Gasteiger partial charge in [-0.15, -0.1) is 0 Å². The summed E-state index contributed by atoms with van der Waals surface area (Å²) < 4.78 is 1.55. The molecule has 1 aromatic heterocycles. The fourth-order valence-electron chi connectivity index (χ4n) is 1.87. The molecule has 0 radical (unpaired) electrons. The van der Waals surface area contributed by atoms with Crippen molar-refractivity contribution >= 4 is 5.91 Å². The molecule has 2 rings (SSSR count). The van der Waals surface area contributed by atoms with Crippen molar-refractivity contribution in [3.8, 4) is 0 Å². The van der Waals surface area contributed by atoms with E-state index in [1.165, 1.54) is 0 Å². The first-order valence-electron chi connectivity index (χ1n) is 6.19. The van der Waals surface area contributed by atoms with Crippen molar-refractivity contribution in [2.45, 2.75) is 19.0 Å².